The summed E-state index contributed by atoms with van der Waals surface area (Å²) in [4.78, 5) is 26.5. The molecule has 2 saturated heterocycles. The molecule has 5 heteroatoms. The first-order valence-electron chi connectivity index (χ1n) is 11.0. The largest absolute Gasteiger partial charge is 0.508 e. The second-order valence-electron chi connectivity index (χ2n) is 8.92. The summed E-state index contributed by atoms with van der Waals surface area (Å²) in [5, 5.41) is 9.50. The fraction of sp³-hybridized carbons (Fsp3) is 0.520. The molecular formula is C25H31NO4. The van der Waals surface area contributed by atoms with Gasteiger partial charge in [-0.15, -0.1) is 0 Å². The van der Waals surface area contributed by atoms with Crippen molar-refractivity contribution in [3.05, 3.63) is 46.5 Å². The summed E-state index contributed by atoms with van der Waals surface area (Å²) in [5.41, 5.74) is 4.97. The number of hydrogen-bond acceptors (Lipinski definition) is 4. The van der Waals surface area contributed by atoms with Gasteiger partial charge in [-0.2, -0.15) is 0 Å². The highest BCUT2D eigenvalue weighted by molar-refractivity contribution is 6.05. The van der Waals surface area contributed by atoms with Crippen LogP contribution in [-0.2, 0) is 14.3 Å². The Balaban J connectivity index is 1.49. The van der Waals surface area contributed by atoms with Gasteiger partial charge in [0.25, 0.3) is 0 Å². The van der Waals surface area contributed by atoms with Crippen molar-refractivity contribution in [1.82, 2.24) is 4.90 Å². The van der Waals surface area contributed by atoms with Gasteiger partial charge in [-0.25, -0.2) is 0 Å². The SMILES string of the molecule is CCC/C(=C\c1ccc(O)cc1)CC[C@H]1OC[C@H]2C1=C(C)C[C@H]1C(=O)N(C)C(=O)[C@H]12. The molecule has 0 aromatic heterocycles. The van der Waals surface area contributed by atoms with Crippen LogP contribution in [0.5, 0.6) is 5.75 Å². The molecule has 5 nitrogen and oxygen atoms in total. The molecule has 2 heterocycles. The van der Waals surface area contributed by atoms with Gasteiger partial charge in [0.2, 0.25) is 11.8 Å². The number of nitrogens with zero attached hydrogens (tertiary/aromatic N) is 1. The lowest BCUT2D eigenvalue weighted by Crippen LogP contribution is -2.33. The first-order valence-corrected chi connectivity index (χ1v) is 11.0. The Hall–Kier alpha value is -2.40. The van der Waals surface area contributed by atoms with Crippen LogP contribution >= 0.6 is 0 Å². The average molecular weight is 410 g/mol. The normalized spacial score (nSPS) is 28.9. The van der Waals surface area contributed by atoms with E-state index in [2.05, 4.69) is 19.9 Å². The molecule has 160 valence electrons. The van der Waals surface area contributed by atoms with Crippen molar-refractivity contribution in [3.8, 4) is 5.75 Å². The van der Waals surface area contributed by atoms with E-state index in [9.17, 15) is 14.7 Å². The third-order valence-corrected chi connectivity index (χ3v) is 6.94. The minimum atomic E-state index is -0.242. The van der Waals surface area contributed by atoms with E-state index in [0.717, 1.165) is 31.2 Å². The van der Waals surface area contributed by atoms with E-state index < -0.39 is 0 Å². The number of ether oxygens (including phenoxy) is 1. The summed E-state index contributed by atoms with van der Waals surface area (Å²) in [5.74, 6) is -0.196. The number of phenols is 1. The monoisotopic (exact) mass is 409 g/mol. The second kappa shape index (κ2) is 8.38. The highest BCUT2D eigenvalue weighted by Gasteiger charge is 2.55. The number of phenolic OH excluding ortho intramolecular Hbond substituents is 1. The predicted octanol–water partition coefficient (Wildman–Crippen LogP) is 4.32. The molecule has 0 spiro atoms. The molecule has 2 aliphatic heterocycles. The number of fused-ring (bicyclic) bond motifs is 3. The minimum Gasteiger partial charge on any atom is -0.508 e. The van der Waals surface area contributed by atoms with E-state index >= 15 is 0 Å². The lowest BCUT2D eigenvalue weighted by molar-refractivity contribution is -0.138. The molecule has 3 aliphatic rings. The van der Waals surface area contributed by atoms with Crippen molar-refractivity contribution >= 4 is 17.9 Å². The topological polar surface area (TPSA) is 66.8 Å². The van der Waals surface area contributed by atoms with Crippen molar-refractivity contribution < 1.29 is 19.4 Å². The number of benzene rings is 1. The molecule has 1 aromatic rings. The number of aromatic hydroxyl groups is 1. The zero-order valence-electron chi connectivity index (χ0n) is 18.1. The standard InChI is InChI=1S/C25H31NO4/c1-4-5-16(13-17-6-9-18(27)10-7-17)8-11-21-22-15(2)12-19-23(20(22)14-30-21)25(29)26(3)24(19)28/h6-7,9-10,13,19-21,23,27H,4-5,8,11-12,14H2,1-3H3/b16-13+/t19-,20+,21-,23-/m1/s1. The van der Waals surface area contributed by atoms with Crippen LogP contribution in [0.15, 0.2) is 41.0 Å². The van der Waals surface area contributed by atoms with E-state index in [1.54, 1.807) is 19.2 Å². The first-order chi connectivity index (χ1) is 14.4. The van der Waals surface area contributed by atoms with Gasteiger partial charge in [-0.1, -0.05) is 42.7 Å². The van der Waals surface area contributed by atoms with Gasteiger partial charge >= 0.3 is 0 Å². The van der Waals surface area contributed by atoms with Crippen LogP contribution < -0.4 is 0 Å². The Morgan fingerprint density at radius 3 is 2.60 bits per heavy atom. The average Bonchev–Trinajstić information content (AvgIpc) is 3.24. The maximum Gasteiger partial charge on any atom is 0.233 e. The van der Waals surface area contributed by atoms with E-state index in [4.69, 9.17) is 4.74 Å². The van der Waals surface area contributed by atoms with Crippen molar-refractivity contribution in [2.45, 2.75) is 52.1 Å². The fourth-order valence-electron chi connectivity index (χ4n) is 5.50. The van der Waals surface area contributed by atoms with Crippen LogP contribution in [0.1, 0.15) is 51.5 Å². The molecule has 4 atom stereocenters. The molecule has 4 rings (SSSR count). The lowest BCUT2D eigenvalue weighted by Gasteiger charge is -2.30. The molecule has 0 unspecified atom stereocenters. The maximum atomic E-state index is 12.7. The van der Waals surface area contributed by atoms with Crippen LogP contribution in [0.2, 0.25) is 0 Å². The van der Waals surface area contributed by atoms with E-state index in [0.29, 0.717) is 13.0 Å². The Labute approximate surface area is 178 Å². The third kappa shape index (κ3) is 3.71. The Bertz CT molecular complexity index is 898. The van der Waals surface area contributed by atoms with Gasteiger partial charge in [-0.3, -0.25) is 14.5 Å². The quantitative estimate of drug-likeness (QED) is 0.561. The molecule has 30 heavy (non-hydrogen) atoms. The Kier molecular flexibility index (Phi) is 5.83. The summed E-state index contributed by atoms with van der Waals surface area (Å²) >= 11 is 0. The van der Waals surface area contributed by atoms with Crippen LogP contribution in [-0.4, -0.2) is 41.6 Å². The van der Waals surface area contributed by atoms with E-state index in [1.165, 1.54) is 21.6 Å². The number of likely N-dealkylation sites (tertiary alicyclic amines) is 1. The van der Waals surface area contributed by atoms with Crippen molar-refractivity contribution in [1.29, 1.82) is 0 Å². The van der Waals surface area contributed by atoms with Crippen LogP contribution in [0.25, 0.3) is 6.08 Å². The van der Waals surface area contributed by atoms with Gasteiger partial charge in [-0.05, 0) is 55.9 Å². The number of carbonyl (C=O) groups is 2. The zero-order chi connectivity index (χ0) is 21.4. The van der Waals surface area contributed by atoms with Gasteiger partial charge in [0.1, 0.15) is 5.75 Å². The fourth-order valence-corrected chi connectivity index (χ4v) is 5.50. The predicted molar refractivity (Wildman–Crippen MR) is 116 cm³/mol. The molecule has 2 amide bonds. The van der Waals surface area contributed by atoms with Crippen molar-refractivity contribution in [3.63, 3.8) is 0 Å². The molecular weight excluding hydrogens is 378 g/mol. The molecule has 0 radical (unpaired) electrons. The van der Waals surface area contributed by atoms with Gasteiger partial charge in [0.05, 0.1) is 24.5 Å². The number of rotatable bonds is 6. The number of carbonyl (C=O) groups excluding carboxylic acids is 2. The second-order valence-corrected chi connectivity index (χ2v) is 8.92. The highest BCUT2D eigenvalue weighted by Crippen LogP contribution is 2.49. The van der Waals surface area contributed by atoms with Crippen LogP contribution in [0.3, 0.4) is 0 Å². The molecule has 2 fully saturated rings. The van der Waals surface area contributed by atoms with Gasteiger partial charge in [0, 0.05) is 13.0 Å². The molecule has 0 bridgehead atoms. The summed E-state index contributed by atoms with van der Waals surface area (Å²) in [6, 6.07) is 7.29. The summed E-state index contributed by atoms with van der Waals surface area (Å²) < 4.78 is 6.19. The maximum absolute atomic E-state index is 12.7. The smallest absolute Gasteiger partial charge is 0.233 e. The first kappa shape index (κ1) is 20.9. The third-order valence-electron chi connectivity index (χ3n) is 6.94. The minimum absolute atomic E-state index is 0.0323. The van der Waals surface area contributed by atoms with Gasteiger partial charge in [0.15, 0.2) is 0 Å². The van der Waals surface area contributed by atoms with Crippen molar-refractivity contribution in [2.75, 3.05) is 13.7 Å². The van der Waals surface area contributed by atoms with Crippen LogP contribution in [0.4, 0.5) is 0 Å². The number of imide groups is 1. The summed E-state index contributed by atoms with van der Waals surface area (Å²) in [6.07, 6.45) is 6.85. The Morgan fingerprint density at radius 2 is 1.90 bits per heavy atom. The highest BCUT2D eigenvalue weighted by atomic mass is 16.5. The van der Waals surface area contributed by atoms with E-state index in [1.807, 2.05) is 12.1 Å². The molecule has 1 N–H and O–H groups in total. The van der Waals surface area contributed by atoms with Crippen LogP contribution in [0, 0.1) is 17.8 Å². The number of amides is 2. The molecule has 0 saturated carbocycles. The van der Waals surface area contributed by atoms with E-state index in [-0.39, 0.29) is 41.4 Å². The number of hydrogen-bond donors (Lipinski definition) is 1. The molecule has 1 aliphatic carbocycles. The molecule has 1 aromatic carbocycles. The number of allylic oxidation sites excluding steroid dienone is 2. The zero-order valence-corrected chi connectivity index (χ0v) is 18.1. The van der Waals surface area contributed by atoms with Gasteiger partial charge < -0.3 is 9.84 Å². The Morgan fingerprint density at radius 1 is 1.17 bits per heavy atom. The summed E-state index contributed by atoms with van der Waals surface area (Å²) in [6.45, 7) is 4.83. The van der Waals surface area contributed by atoms with Crippen molar-refractivity contribution in [2.24, 2.45) is 17.8 Å². The lowest BCUT2D eigenvalue weighted by atomic mass is 9.70. The summed E-state index contributed by atoms with van der Waals surface area (Å²) in [7, 11) is 1.61.